The maximum absolute atomic E-state index is 3.96. The highest BCUT2D eigenvalue weighted by Crippen LogP contribution is 2.41. The van der Waals surface area contributed by atoms with Crippen LogP contribution in [0, 0.1) is 0 Å². The number of fused-ring (bicyclic) bond motifs is 6. The smallest absolute Gasteiger partial charge is 0.0685 e. The minimum atomic E-state index is 1.06. The lowest BCUT2D eigenvalue weighted by atomic mass is 10.1. The summed E-state index contributed by atoms with van der Waals surface area (Å²) in [5, 5.41) is 4.99. The van der Waals surface area contributed by atoms with Crippen LogP contribution in [0.2, 0.25) is 0 Å². The lowest BCUT2D eigenvalue weighted by Crippen LogP contribution is -1.97. The molecule has 2 heterocycles. The van der Waals surface area contributed by atoms with E-state index in [2.05, 4.69) is 150 Å². The largest absolute Gasteiger partial charge is 0.309 e. The van der Waals surface area contributed by atoms with Crippen molar-refractivity contribution < 1.29 is 0 Å². The standard InChI is InChI=1S/C30H18Br2N2/c31-24-12-4-8-16-29(24)34-28-15-7-3-11-22(28)23-17-19(18-25(32)30(23)34)33-26-13-5-1-9-20(26)21-10-2-6-14-27(21)33/h1-18H. The fourth-order valence-electron chi connectivity index (χ4n) is 5.25. The summed E-state index contributed by atoms with van der Waals surface area (Å²) in [5.41, 5.74) is 7.04. The molecule has 0 aliphatic heterocycles. The Balaban J connectivity index is 1.63. The zero-order chi connectivity index (χ0) is 22.8. The average molecular weight is 566 g/mol. The van der Waals surface area contributed by atoms with Crippen LogP contribution in [0.25, 0.3) is 55.0 Å². The number of benzene rings is 5. The Bertz CT molecular complexity index is 1840. The summed E-state index contributed by atoms with van der Waals surface area (Å²) < 4.78 is 6.85. The first-order valence-corrected chi connectivity index (χ1v) is 12.8. The monoisotopic (exact) mass is 564 g/mol. The molecule has 0 bridgehead atoms. The van der Waals surface area contributed by atoms with Crippen LogP contribution in [0.5, 0.6) is 0 Å². The van der Waals surface area contributed by atoms with E-state index in [1.165, 1.54) is 38.1 Å². The minimum Gasteiger partial charge on any atom is -0.309 e. The van der Waals surface area contributed by atoms with Gasteiger partial charge in [-0.3, -0.25) is 0 Å². The molecule has 0 atom stereocenters. The molecular formula is C30H18Br2N2. The van der Waals surface area contributed by atoms with Crippen LogP contribution in [-0.4, -0.2) is 9.13 Å². The van der Waals surface area contributed by atoms with Gasteiger partial charge < -0.3 is 9.13 Å². The van der Waals surface area contributed by atoms with Crippen molar-refractivity contribution in [3.8, 4) is 11.4 Å². The molecule has 0 fully saturated rings. The highest BCUT2D eigenvalue weighted by atomic mass is 79.9. The summed E-state index contributed by atoms with van der Waals surface area (Å²) in [7, 11) is 0. The van der Waals surface area contributed by atoms with E-state index in [4.69, 9.17) is 0 Å². The van der Waals surface area contributed by atoms with Gasteiger partial charge >= 0.3 is 0 Å². The van der Waals surface area contributed by atoms with Crippen molar-refractivity contribution in [1.29, 1.82) is 0 Å². The van der Waals surface area contributed by atoms with E-state index in [-0.39, 0.29) is 0 Å². The topological polar surface area (TPSA) is 9.86 Å². The first kappa shape index (κ1) is 20.1. The van der Waals surface area contributed by atoms with E-state index in [1.54, 1.807) is 0 Å². The Hall–Kier alpha value is -3.34. The molecule has 0 spiro atoms. The second kappa shape index (κ2) is 7.59. The maximum Gasteiger partial charge on any atom is 0.0685 e. The number of para-hydroxylation sites is 4. The number of hydrogen-bond donors (Lipinski definition) is 0. The third kappa shape index (κ3) is 2.79. The van der Waals surface area contributed by atoms with E-state index in [1.807, 2.05) is 0 Å². The summed E-state index contributed by atoms with van der Waals surface area (Å²) in [6.45, 7) is 0. The van der Waals surface area contributed by atoms with E-state index in [9.17, 15) is 0 Å². The molecule has 0 saturated carbocycles. The zero-order valence-electron chi connectivity index (χ0n) is 18.0. The number of aromatic nitrogens is 2. The van der Waals surface area contributed by atoms with Crippen LogP contribution >= 0.6 is 31.9 Å². The zero-order valence-corrected chi connectivity index (χ0v) is 21.2. The Morgan fingerprint density at radius 1 is 0.441 bits per heavy atom. The molecule has 2 nitrogen and oxygen atoms in total. The summed E-state index contributed by atoms with van der Waals surface area (Å²) >= 11 is 7.74. The quantitative estimate of drug-likeness (QED) is 0.197. The molecule has 0 aliphatic carbocycles. The van der Waals surface area contributed by atoms with E-state index >= 15 is 0 Å². The van der Waals surface area contributed by atoms with Gasteiger partial charge in [0.25, 0.3) is 0 Å². The number of halogens is 2. The van der Waals surface area contributed by atoms with Crippen LogP contribution in [0.4, 0.5) is 0 Å². The minimum absolute atomic E-state index is 1.06. The van der Waals surface area contributed by atoms with Crippen LogP contribution in [0.3, 0.4) is 0 Å². The van der Waals surface area contributed by atoms with Crippen molar-refractivity contribution in [2.75, 3.05) is 0 Å². The van der Waals surface area contributed by atoms with Gasteiger partial charge in [-0.2, -0.15) is 0 Å². The fraction of sp³-hybridized carbons (Fsp3) is 0. The molecule has 0 radical (unpaired) electrons. The summed E-state index contributed by atoms with van der Waals surface area (Å²) in [5.74, 6) is 0. The number of rotatable bonds is 2. The van der Waals surface area contributed by atoms with Gasteiger partial charge in [-0.25, -0.2) is 0 Å². The van der Waals surface area contributed by atoms with E-state index in [0.717, 1.165) is 25.8 Å². The highest BCUT2D eigenvalue weighted by molar-refractivity contribution is 9.11. The molecule has 162 valence electrons. The predicted molar refractivity (Wildman–Crippen MR) is 151 cm³/mol. The van der Waals surface area contributed by atoms with Crippen molar-refractivity contribution in [3.05, 3.63) is 118 Å². The Morgan fingerprint density at radius 3 is 1.56 bits per heavy atom. The van der Waals surface area contributed by atoms with Crippen molar-refractivity contribution >= 4 is 75.5 Å². The van der Waals surface area contributed by atoms with Gasteiger partial charge in [-0.15, -0.1) is 0 Å². The van der Waals surface area contributed by atoms with Crippen LogP contribution in [0.15, 0.2) is 118 Å². The molecule has 7 aromatic rings. The predicted octanol–water partition coefficient (Wildman–Crippen LogP) is 9.41. The van der Waals surface area contributed by atoms with Gasteiger partial charge in [0.1, 0.15) is 0 Å². The number of hydrogen-bond acceptors (Lipinski definition) is 0. The van der Waals surface area contributed by atoms with Crippen LogP contribution < -0.4 is 0 Å². The summed E-state index contributed by atoms with van der Waals surface area (Å²) in [4.78, 5) is 0. The second-order valence-corrected chi connectivity index (χ2v) is 10.2. The molecule has 0 saturated heterocycles. The molecule has 0 amide bonds. The maximum atomic E-state index is 3.96. The second-order valence-electron chi connectivity index (χ2n) is 8.50. The first-order valence-electron chi connectivity index (χ1n) is 11.2. The van der Waals surface area contributed by atoms with E-state index in [0.29, 0.717) is 0 Å². The Kier molecular flexibility index (Phi) is 4.48. The van der Waals surface area contributed by atoms with Gasteiger partial charge in [0.2, 0.25) is 0 Å². The lowest BCUT2D eigenvalue weighted by Gasteiger charge is -2.13. The molecule has 5 aromatic carbocycles. The van der Waals surface area contributed by atoms with Crippen molar-refractivity contribution in [2.45, 2.75) is 0 Å². The van der Waals surface area contributed by atoms with Crippen molar-refractivity contribution in [3.63, 3.8) is 0 Å². The number of nitrogens with zero attached hydrogens (tertiary/aromatic N) is 2. The SMILES string of the molecule is Brc1ccccc1-n1c2ccccc2c2cc(-n3c4ccccc4c4ccccc43)cc(Br)c21. The normalized spacial score (nSPS) is 11.8. The molecular weight excluding hydrogens is 548 g/mol. The molecule has 34 heavy (non-hydrogen) atoms. The molecule has 7 rings (SSSR count). The summed E-state index contributed by atoms with van der Waals surface area (Å²) in [6, 6.07) is 38.9. The molecule has 0 aliphatic rings. The highest BCUT2D eigenvalue weighted by Gasteiger charge is 2.19. The average Bonchev–Trinajstić information content (AvgIpc) is 3.38. The van der Waals surface area contributed by atoms with Gasteiger partial charge in [-0.1, -0.05) is 66.7 Å². The van der Waals surface area contributed by atoms with Crippen LogP contribution in [-0.2, 0) is 0 Å². The lowest BCUT2D eigenvalue weighted by molar-refractivity contribution is 1.15. The Morgan fingerprint density at radius 2 is 0.941 bits per heavy atom. The van der Waals surface area contributed by atoms with Crippen molar-refractivity contribution in [2.24, 2.45) is 0 Å². The molecule has 2 aromatic heterocycles. The van der Waals surface area contributed by atoms with Gasteiger partial charge in [-0.05, 0) is 74.3 Å². The van der Waals surface area contributed by atoms with Gasteiger partial charge in [0.15, 0.2) is 0 Å². The first-order chi connectivity index (χ1) is 16.7. The molecule has 0 N–H and O–H groups in total. The van der Waals surface area contributed by atoms with Crippen molar-refractivity contribution in [1.82, 2.24) is 9.13 Å². The van der Waals surface area contributed by atoms with E-state index < -0.39 is 0 Å². The molecule has 4 heteroatoms. The molecule has 0 unspecified atom stereocenters. The third-order valence-corrected chi connectivity index (χ3v) is 7.91. The summed E-state index contributed by atoms with van der Waals surface area (Å²) in [6.07, 6.45) is 0. The van der Waals surface area contributed by atoms with Crippen LogP contribution in [0.1, 0.15) is 0 Å². The Labute approximate surface area is 213 Å². The third-order valence-electron chi connectivity index (χ3n) is 6.64. The van der Waals surface area contributed by atoms with Gasteiger partial charge in [0, 0.05) is 36.2 Å². The fourth-order valence-corrected chi connectivity index (χ4v) is 6.33. The van der Waals surface area contributed by atoms with Gasteiger partial charge in [0.05, 0.1) is 27.8 Å².